The average molecular weight is 195 g/mol. The largest absolute Gasteiger partial charge is 0.265 e. The Bertz CT molecular complexity index is 297. The molecule has 1 aromatic rings. The van der Waals surface area contributed by atoms with Crippen molar-refractivity contribution in [2.75, 3.05) is 0 Å². The minimum Gasteiger partial charge on any atom is -0.207 e. The molecule has 0 N–H and O–H groups in total. The number of benzene rings is 1. The standard InChI is InChI=1S/C8H6ClF3/c1-4-6(10)3-2-5(9)7(4)8(11)12/h2-3,8H,1H3. The summed E-state index contributed by atoms with van der Waals surface area (Å²) >= 11 is 5.45. The Morgan fingerprint density at radius 2 is 1.92 bits per heavy atom. The topological polar surface area (TPSA) is 0 Å². The van der Waals surface area contributed by atoms with Crippen LogP contribution < -0.4 is 0 Å². The molecule has 66 valence electrons. The van der Waals surface area contributed by atoms with Gasteiger partial charge in [-0.3, -0.25) is 0 Å². The Morgan fingerprint density at radius 1 is 1.33 bits per heavy atom. The van der Waals surface area contributed by atoms with E-state index in [9.17, 15) is 13.2 Å². The van der Waals surface area contributed by atoms with E-state index in [1.807, 2.05) is 0 Å². The zero-order valence-corrected chi connectivity index (χ0v) is 7.00. The van der Waals surface area contributed by atoms with Crippen molar-refractivity contribution in [3.05, 3.63) is 34.1 Å². The van der Waals surface area contributed by atoms with Crippen molar-refractivity contribution in [3.8, 4) is 0 Å². The fourth-order valence-electron chi connectivity index (χ4n) is 0.937. The lowest BCUT2D eigenvalue weighted by atomic mass is 10.1. The van der Waals surface area contributed by atoms with E-state index < -0.39 is 17.8 Å². The Hall–Kier alpha value is -0.700. The smallest absolute Gasteiger partial charge is 0.207 e. The molecular formula is C8H6ClF3. The molecule has 0 heterocycles. The summed E-state index contributed by atoms with van der Waals surface area (Å²) in [7, 11) is 0. The van der Waals surface area contributed by atoms with Crippen molar-refractivity contribution in [3.63, 3.8) is 0 Å². The molecule has 0 spiro atoms. The maximum atomic E-state index is 12.7. The molecule has 0 amide bonds. The van der Waals surface area contributed by atoms with Gasteiger partial charge in [0.15, 0.2) is 0 Å². The van der Waals surface area contributed by atoms with Crippen LogP contribution in [0.5, 0.6) is 0 Å². The minimum absolute atomic E-state index is 0.0856. The number of halogens is 4. The highest BCUT2D eigenvalue weighted by atomic mass is 35.5. The second kappa shape index (κ2) is 3.35. The fourth-order valence-corrected chi connectivity index (χ4v) is 1.22. The van der Waals surface area contributed by atoms with Gasteiger partial charge in [-0.05, 0) is 24.6 Å². The van der Waals surface area contributed by atoms with E-state index in [1.54, 1.807) is 0 Å². The Labute approximate surface area is 73.0 Å². The molecule has 0 bridgehead atoms. The van der Waals surface area contributed by atoms with Crippen molar-refractivity contribution in [2.45, 2.75) is 13.3 Å². The van der Waals surface area contributed by atoms with Crippen LogP contribution in [0.4, 0.5) is 13.2 Å². The maximum Gasteiger partial charge on any atom is 0.265 e. The molecule has 0 fully saturated rings. The SMILES string of the molecule is Cc1c(F)ccc(Cl)c1C(F)F. The molecule has 0 saturated heterocycles. The van der Waals surface area contributed by atoms with E-state index in [2.05, 4.69) is 0 Å². The van der Waals surface area contributed by atoms with E-state index in [0.717, 1.165) is 12.1 Å². The molecule has 12 heavy (non-hydrogen) atoms. The highest BCUT2D eigenvalue weighted by Crippen LogP contribution is 2.30. The molecule has 0 nitrogen and oxygen atoms in total. The van der Waals surface area contributed by atoms with Gasteiger partial charge in [-0.25, -0.2) is 13.2 Å². The molecule has 1 aromatic carbocycles. The van der Waals surface area contributed by atoms with Gasteiger partial charge in [-0.1, -0.05) is 11.6 Å². The molecule has 0 aliphatic heterocycles. The van der Waals surface area contributed by atoms with Crippen LogP contribution in [-0.4, -0.2) is 0 Å². The van der Waals surface area contributed by atoms with Crippen molar-refractivity contribution in [2.24, 2.45) is 0 Å². The molecule has 1 rings (SSSR count). The zero-order chi connectivity index (χ0) is 9.30. The predicted molar refractivity (Wildman–Crippen MR) is 41.1 cm³/mol. The third-order valence-electron chi connectivity index (χ3n) is 1.61. The molecule has 0 saturated carbocycles. The van der Waals surface area contributed by atoms with Gasteiger partial charge < -0.3 is 0 Å². The van der Waals surface area contributed by atoms with E-state index in [-0.39, 0.29) is 10.6 Å². The number of alkyl halides is 2. The molecule has 0 unspecified atom stereocenters. The Morgan fingerprint density at radius 3 is 2.33 bits per heavy atom. The van der Waals surface area contributed by atoms with Gasteiger partial charge in [-0.15, -0.1) is 0 Å². The lowest BCUT2D eigenvalue weighted by molar-refractivity contribution is 0.150. The average Bonchev–Trinajstić information content (AvgIpc) is 1.97. The van der Waals surface area contributed by atoms with Gasteiger partial charge in [0, 0.05) is 10.6 Å². The van der Waals surface area contributed by atoms with E-state index in [0.29, 0.717) is 0 Å². The van der Waals surface area contributed by atoms with Crippen LogP contribution in [0.1, 0.15) is 17.6 Å². The van der Waals surface area contributed by atoms with Crippen LogP contribution in [0, 0.1) is 12.7 Å². The van der Waals surface area contributed by atoms with Gasteiger partial charge in [0.2, 0.25) is 0 Å². The monoisotopic (exact) mass is 194 g/mol. The lowest BCUT2D eigenvalue weighted by Crippen LogP contribution is -1.94. The van der Waals surface area contributed by atoms with Gasteiger partial charge in [-0.2, -0.15) is 0 Å². The summed E-state index contributed by atoms with van der Waals surface area (Å²) in [5.74, 6) is -0.658. The Kier molecular flexibility index (Phi) is 2.62. The Balaban J connectivity index is 3.33. The molecule has 0 aliphatic carbocycles. The molecule has 0 aliphatic rings. The molecule has 0 radical (unpaired) electrons. The van der Waals surface area contributed by atoms with Gasteiger partial charge in [0.05, 0.1) is 0 Å². The fraction of sp³-hybridized carbons (Fsp3) is 0.250. The first-order valence-corrected chi connectivity index (χ1v) is 3.64. The van der Waals surface area contributed by atoms with E-state index >= 15 is 0 Å². The van der Waals surface area contributed by atoms with Crippen molar-refractivity contribution in [1.29, 1.82) is 0 Å². The summed E-state index contributed by atoms with van der Waals surface area (Å²) in [6.45, 7) is 1.28. The first-order chi connectivity index (χ1) is 5.54. The lowest BCUT2D eigenvalue weighted by Gasteiger charge is -2.07. The quantitative estimate of drug-likeness (QED) is 0.639. The van der Waals surface area contributed by atoms with Crippen LogP contribution in [0.15, 0.2) is 12.1 Å². The first-order valence-electron chi connectivity index (χ1n) is 3.26. The molecule has 4 heteroatoms. The first kappa shape index (κ1) is 9.39. The van der Waals surface area contributed by atoms with Crippen LogP contribution >= 0.6 is 11.6 Å². The molecule has 0 aromatic heterocycles. The summed E-state index contributed by atoms with van der Waals surface area (Å²) in [5.41, 5.74) is -0.505. The van der Waals surface area contributed by atoms with Crippen molar-refractivity contribution in [1.82, 2.24) is 0 Å². The van der Waals surface area contributed by atoms with Gasteiger partial charge in [0.25, 0.3) is 6.43 Å². The highest BCUT2D eigenvalue weighted by Gasteiger charge is 2.17. The second-order valence-electron chi connectivity index (χ2n) is 2.37. The van der Waals surface area contributed by atoms with Crippen LogP contribution in [0.2, 0.25) is 5.02 Å². The van der Waals surface area contributed by atoms with Crippen LogP contribution in [0.3, 0.4) is 0 Å². The third kappa shape index (κ3) is 1.55. The van der Waals surface area contributed by atoms with E-state index in [4.69, 9.17) is 11.6 Å². The summed E-state index contributed by atoms with van der Waals surface area (Å²) in [5, 5.41) is -0.0936. The summed E-state index contributed by atoms with van der Waals surface area (Å²) in [6.07, 6.45) is -2.73. The van der Waals surface area contributed by atoms with Crippen LogP contribution in [0.25, 0.3) is 0 Å². The predicted octanol–water partition coefficient (Wildman–Crippen LogP) is 3.73. The van der Waals surface area contributed by atoms with Crippen molar-refractivity contribution >= 4 is 11.6 Å². The van der Waals surface area contributed by atoms with E-state index in [1.165, 1.54) is 6.92 Å². The summed E-state index contributed by atoms with van der Waals surface area (Å²) in [4.78, 5) is 0. The van der Waals surface area contributed by atoms with Crippen LogP contribution in [-0.2, 0) is 0 Å². The zero-order valence-electron chi connectivity index (χ0n) is 6.24. The van der Waals surface area contributed by atoms with Crippen molar-refractivity contribution < 1.29 is 13.2 Å². The minimum atomic E-state index is -2.73. The third-order valence-corrected chi connectivity index (χ3v) is 1.94. The maximum absolute atomic E-state index is 12.7. The molecule has 0 atom stereocenters. The second-order valence-corrected chi connectivity index (χ2v) is 2.78. The van der Waals surface area contributed by atoms with Gasteiger partial charge in [0.1, 0.15) is 5.82 Å². The number of rotatable bonds is 1. The highest BCUT2D eigenvalue weighted by molar-refractivity contribution is 6.31. The normalized spacial score (nSPS) is 10.8. The summed E-state index contributed by atoms with van der Waals surface area (Å²) < 4.78 is 37.2. The van der Waals surface area contributed by atoms with Gasteiger partial charge >= 0.3 is 0 Å². The number of hydrogen-bond acceptors (Lipinski definition) is 0. The number of hydrogen-bond donors (Lipinski definition) is 0. The molecular weight excluding hydrogens is 189 g/mol. The summed E-state index contributed by atoms with van der Waals surface area (Å²) in [6, 6.07) is 2.20.